The van der Waals surface area contributed by atoms with Gasteiger partial charge in [-0.15, -0.1) is 0 Å². The van der Waals surface area contributed by atoms with Crippen molar-refractivity contribution in [1.82, 2.24) is 4.90 Å². The molecule has 1 aromatic carbocycles. The second-order valence-corrected chi connectivity index (χ2v) is 4.00. The minimum absolute atomic E-state index is 0.00135. The molecule has 0 radical (unpaired) electrons. The maximum absolute atomic E-state index is 13.0. The molecule has 1 N–H and O–H groups in total. The smallest absolute Gasteiger partial charge is 0.304 e. The van der Waals surface area contributed by atoms with Gasteiger partial charge in [0.15, 0.2) is 0 Å². The molecule has 0 amide bonds. The lowest BCUT2D eigenvalue weighted by Gasteiger charge is -2.24. The normalized spacial score (nSPS) is 12.8. The topological polar surface area (TPSA) is 40.5 Å². The van der Waals surface area contributed by atoms with E-state index in [0.717, 1.165) is 6.07 Å². The number of aliphatic carboxylic acids is 1. The molecule has 1 rings (SSSR count). The van der Waals surface area contributed by atoms with Gasteiger partial charge in [0.25, 0.3) is 0 Å². The van der Waals surface area contributed by atoms with Gasteiger partial charge in [-0.2, -0.15) is 0 Å². The van der Waals surface area contributed by atoms with Crippen molar-refractivity contribution < 1.29 is 18.7 Å². The van der Waals surface area contributed by atoms with Gasteiger partial charge in [-0.3, -0.25) is 9.69 Å². The molecule has 1 atom stereocenters. The second kappa shape index (κ2) is 5.72. The van der Waals surface area contributed by atoms with E-state index < -0.39 is 17.6 Å². The predicted octanol–water partition coefficient (Wildman–Crippen LogP) is 2.43. The first-order chi connectivity index (χ1) is 7.90. The second-order valence-electron chi connectivity index (χ2n) is 4.00. The van der Waals surface area contributed by atoms with E-state index in [1.54, 1.807) is 18.9 Å². The molecule has 1 unspecified atom stereocenters. The first kappa shape index (κ1) is 13.6. The van der Waals surface area contributed by atoms with Crippen LogP contribution in [0, 0.1) is 11.6 Å². The molecule has 17 heavy (non-hydrogen) atoms. The van der Waals surface area contributed by atoms with Crippen LogP contribution in [0.2, 0.25) is 0 Å². The highest BCUT2D eigenvalue weighted by atomic mass is 19.1. The molecule has 0 fully saturated rings. The number of rotatable bonds is 5. The summed E-state index contributed by atoms with van der Waals surface area (Å²) in [5.74, 6) is -2.15. The monoisotopic (exact) mass is 243 g/mol. The molecule has 0 aliphatic heterocycles. The van der Waals surface area contributed by atoms with Crippen molar-refractivity contribution in [3.05, 3.63) is 35.4 Å². The van der Waals surface area contributed by atoms with Gasteiger partial charge in [0.05, 0.1) is 6.42 Å². The van der Waals surface area contributed by atoms with Gasteiger partial charge >= 0.3 is 5.97 Å². The van der Waals surface area contributed by atoms with Crippen molar-refractivity contribution in [3.8, 4) is 0 Å². The predicted molar refractivity (Wildman–Crippen MR) is 59.7 cm³/mol. The van der Waals surface area contributed by atoms with Crippen LogP contribution in [0.1, 0.15) is 24.9 Å². The molecule has 0 saturated heterocycles. The quantitative estimate of drug-likeness (QED) is 0.863. The van der Waals surface area contributed by atoms with Gasteiger partial charge in [-0.05, 0) is 31.7 Å². The number of halogens is 2. The standard InChI is InChI=1S/C12H15F2NO2/c1-8(15(2)4-3-12(16)17)9-5-10(13)7-11(14)6-9/h5-8H,3-4H2,1-2H3,(H,16,17). The van der Waals surface area contributed by atoms with E-state index >= 15 is 0 Å². The van der Waals surface area contributed by atoms with Crippen molar-refractivity contribution in [2.45, 2.75) is 19.4 Å². The molecule has 5 heteroatoms. The van der Waals surface area contributed by atoms with Crippen molar-refractivity contribution >= 4 is 5.97 Å². The Morgan fingerprint density at radius 1 is 1.35 bits per heavy atom. The van der Waals surface area contributed by atoms with Gasteiger partial charge < -0.3 is 5.11 Å². The summed E-state index contributed by atoms with van der Waals surface area (Å²) in [6.07, 6.45) is -0.00135. The van der Waals surface area contributed by atoms with E-state index in [9.17, 15) is 13.6 Å². The summed E-state index contributed by atoms with van der Waals surface area (Å²) in [6.45, 7) is 2.10. The molecule has 0 aliphatic carbocycles. The fraction of sp³-hybridized carbons (Fsp3) is 0.417. The molecule has 94 valence electrons. The maximum atomic E-state index is 13.0. The Morgan fingerprint density at radius 2 is 1.88 bits per heavy atom. The number of hydrogen-bond donors (Lipinski definition) is 1. The summed E-state index contributed by atoms with van der Waals surface area (Å²) in [6, 6.07) is 3.09. The maximum Gasteiger partial charge on any atom is 0.304 e. The van der Waals surface area contributed by atoms with Gasteiger partial charge in [0, 0.05) is 18.7 Å². The van der Waals surface area contributed by atoms with Crippen LogP contribution in [0.4, 0.5) is 8.78 Å². The van der Waals surface area contributed by atoms with E-state index in [4.69, 9.17) is 5.11 Å². The minimum atomic E-state index is -0.894. The molecular weight excluding hydrogens is 228 g/mol. The van der Waals surface area contributed by atoms with Crippen LogP contribution in [0.5, 0.6) is 0 Å². The van der Waals surface area contributed by atoms with Gasteiger partial charge in [0.2, 0.25) is 0 Å². The molecule has 0 heterocycles. The largest absolute Gasteiger partial charge is 0.481 e. The first-order valence-corrected chi connectivity index (χ1v) is 5.28. The first-order valence-electron chi connectivity index (χ1n) is 5.28. The van der Waals surface area contributed by atoms with Gasteiger partial charge in [-0.25, -0.2) is 8.78 Å². The Labute approximate surface area is 98.7 Å². The minimum Gasteiger partial charge on any atom is -0.481 e. The van der Waals surface area contributed by atoms with E-state index in [1.165, 1.54) is 12.1 Å². The summed E-state index contributed by atoms with van der Waals surface area (Å²) in [5.41, 5.74) is 0.496. The van der Waals surface area contributed by atoms with Crippen LogP contribution < -0.4 is 0 Å². The van der Waals surface area contributed by atoms with Crippen molar-refractivity contribution in [2.75, 3.05) is 13.6 Å². The number of carboxylic acid groups (broad SMARTS) is 1. The third-order valence-corrected chi connectivity index (χ3v) is 2.71. The lowest BCUT2D eigenvalue weighted by molar-refractivity contribution is -0.137. The highest BCUT2D eigenvalue weighted by molar-refractivity contribution is 5.66. The van der Waals surface area contributed by atoms with E-state index in [-0.39, 0.29) is 12.5 Å². The zero-order valence-corrected chi connectivity index (χ0v) is 9.78. The third-order valence-electron chi connectivity index (χ3n) is 2.71. The Balaban J connectivity index is 2.73. The Morgan fingerprint density at radius 3 is 2.35 bits per heavy atom. The van der Waals surface area contributed by atoms with Gasteiger partial charge in [0.1, 0.15) is 11.6 Å². The zero-order valence-electron chi connectivity index (χ0n) is 9.78. The summed E-state index contributed by atoms with van der Waals surface area (Å²) >= 11 is 0. The van der Waals surface area contributed by atoms with E-state index in [2.05, 4.69) is 0 Å². The van der Waals surface area contributed by atoms with Crippen LogP contribution in [0.15, 0.2) is 18.2 Å². The SMILES string of the molecule is CC(c1cc(F)cc(F)c1)N(C)CCC(=O)O. The van der Waals surface area contributed by atoms with Crippen LogP contribution >= 0.6 is 0 Å². The van der Waals surface area contributed by atoms with E-state index in [1.807, 2.05) is 0 Å². The fourth-order valence-electron chi connectivity index (χ4n) is 1.54. The molecule has 0 aromatic heterocycles. The number of carbonyl (C=O) groups is 1. The number of hydrogen-bond acceptors (Lipinski definition) is 2. The third kappa shape index (κ3) is 4.11. The fourth-order valence-corrected chi connectivity index (χ4v) is 1.54. The molecule has 3 nitrogen and oxygen atoms in total. The van der Waals surface area contributed by atoms with Crippen molar-refractivity contribution in [2.24, 2.45) is 0 Å². The van der Waals surface area contributed by atoms with Crippen molar-refractivity contribution in [3.63, 3.8) is 0 Å². The highest BCUT2D eigenvalue weighted by Gasteiger charge is 2.14. The molecule has 0 aliphatic rings. The summed E-state index contributed by atoms with van der Waals surface area (Å²) in [4.78, 5) is 12.2. The zero-order chi connectivity index (χ0) is 13.0. The average Bonchev–Trinajstić information content (AvgIpc) is 2.23. The average molecular weight is 243 g/mol. The summed E-state index contributed by atoms with van der Waals surface area (Å²) < 4.78 is 26.0. The molecule has 0 saturated carbocycles. The Hall–Kier alpha value is -1.49. The van der Waals surface area contributed by atoms with Crippen LogP contribution in [-0.2, 0) is 4.79 Å². The number of nitrogens with zero attached hydrogens (tertiary/aromatic N) is 1. The number of carboxylic acids is 1. The van der Waals surface area contributed by atoms with Gasteiger partial charge in [-0.1, -0.05) is 0 Å². The molecule has 0 spiro atoms. The summed E-state index contributed by atoms with van der Waals surface area (Å²) in [7, 11) is 1.72. The lowest BCUT2D eigenvalue weighted by Crippen LogP contribution is -2.25. The highest BCUT2D eigenvalue weighted by Crippen LogP contribution is 2.20. The number of benzene rings is 1. The Bertz CT molecular complexity index is 389. The van der Waals surface area contributed by atoms with Crippen LogP contribution in [0.25, 0.3) is 0 Å². The Kier molecular flexibility index (Phi) is 4.57. The molecule has 1 aromatic rings. The van der Waals surface area contributed by atoms with Crippen LogP contribution in [-0.4, -0.2) is 29.6 Å². The molecular formula is C12H15F2NO2. The van der Waals surface area contributed by atoms with Crippen molar-refractivity contribution in [1.29, 1.82) is 0 Å². The van der Waals surface area contributed by atoms with Crippen LogP contribution in [0.3, 0.4) is 0 Å². The van der Waals surface area contributed by atoms with E-state index in [0.29, 0.717) is 12.1 Å². The molecule has 0 bridgehead atoms. The summed E-state index contributed by atoms with van der Waals surface area (Å²) in [5, 5.41) is 8.56. The lowest BCUT2D eigenvalue weighted by atomic mass is 10.1.